The van der Waals surface area contributed by atoms with E-state index in [1.165, 1.54) is 21.3 Å². The maximum Gasteiger partial charge on any atom is 0.262 e. The lowest BCUT2D eigenvalue weighted by Crippen LogP contribution is -2.47. The Morgan fingerprint density at radius 3 is 2.54 bits per heavy atom. The average Bonchev–Trinajstić information content (AvgIpc) is 3.24. The number of rotatable bonds is 7. The second-order valence-corrected chi connectivity index (χ2v) is 10.7. The van der Waals surface area contributed by atoms with Crippen LogP contribution in [0.3, 0.4) is 0 Å². The Balaban J connectivity index is 1.62. The first kappa shape index (κ1) is 24.9. The molecule has 5 heterocycles. The number of pyridine rings is 1. The minimum Gasteiger partial charge on any atom is -0.477 e. The van der Waals surface area contributed by atoms with Gasteiger partial charge in [0.2, 0.25) is 15.9 Å². The normalized spacial score (nSPS) is 15.3. The topological polar surface area (TPSA) is 152 Å². The van der Waals surface area contributed by atoms with Crippen LogP contribution in [0.2, 0.25) is 0 Å². The summed E-state index contributed by atoms with van der Waals surface area (Å²) in [6, 6.07) is 3.12. The number of likely N-dealkylation sites (N-methyl/N-ethyl adjacent to an activating group) is 1. The van der Waals surface area contributed by atoms with Crippen molar-refractivity contribution in [2.24, 2.45) is 0 Å². The summed E-state index contributed by atoms with van der Waals surface area (Å²) in [7, 11) is -1.86. The number of piperazine rings is 1. The maximum atomic E-state index is 13.4. The minimum absolute atomic E-state index is 0.00181. The Kier molecular flexibility index (Phi) is 6.70. The zero-order chi connectivity index (χ0) is 26.2. The lowest BCUT2D eigenvalue weighted by Gasteiger charge is -2.31. The molecular formula is C23H27N9O4S. The third-order valence-corrected chi connectivity index (χ3v) is 8.00. The number of aromatic nitrogens is 7. The van der Waals surface area contributed by atoms with E-state index < -0.39 is 15.6 Å². The number of hydrogen-bond acceptors (Lipinski definition) is 10. The van der Waals surface area contributed by atoms with Crippen LogP contribution in [0.15, 0.2) is 40.4 Å². The minimum atomic E-state index is -3.81. The summed E-state index contributed by atoms with van der Waals surface area (Å²) in [5, 5.41) is 4.72. The number of sulfonamides is 1. The van der Waals surface area contributed by atoms with E-state index in [2.05, 4.69) is 34.9 Å². The smallest absolute Gasteiger partial charge is 0.262 e. The van der Waals surface area contributed by atoms with Gasteiger partial charge in [-0.25, -0.2) is 33.0 Å². The van der Waals surface area contributed by atoms with Gasteiger partial charge in [0.15, 0.2) is 5.65 Å². The largest absolute Gasteiger partial charge is 0.477 e. The lowest BCUT2D eigenvalue weighted by atomic mass is 10.2. The van der Waals surface area contributed by atoms with Crippen molar-refractivity contribution in [3.8, 4) is 23.2 Å². The van der Waals surface area contributed by atoms with Crippen molar-refractivity contribution in [3.05, 3.63) is 46.8 Å². The lowest BCUT2D eigenvalue weighted by molar-refractivity contribution is 0.222. The molecule has 1 saturated heterocycles. The van der Waals surface area contributed by atoms with Gasteiger partial charge < -0.3 is 14.6 Å². The van der Waals surface area contributed by atoms with E-state index >= 15 is 0 Å². The molecule has 194 valence electrons. The molecule has 0 atom stereocenters. The third kappa shape index (κ3) is 4.70. The van der Waals surface area contributed by atoms with Crippen LogP contribution in [0.25, 0.3) is 28.4 Å². The van der Waals surface area contributed by atoms with Crippen LogP contribution in [0, 0.1) is 6.92 Å². The van der Waals surface area contributed by atoms with Crippen LogP contribution in [-0.4, -0.2) is 92.2 Å². The number of hydrogen-bond donors (Lipinski definition) is 1. The highest BCUT2D eigenvalue weighted by atomic mass is 32.2. The van der Waals surface area contributed by atoms with Gasteiger partial charge in [0.25, 0.3) is 11.5 Å². The molecule has 0 spiro atoms. The molecule has 0 bridgehead atoms. The molecular weight excluding hydrogens is 498 g/mol. The van der Waals surface area contributed by atoms with E-state index in [-0.39, 0.29) is 33.2 Å². The summed E-state index contributed by atoms with van der Waals surface area (Å²) in [5.41, 5.74) is 0.505. The third-order valence-electron chi connectivity index (χ3n) is 6.14. The summed E-state index contributed by atoms with van der Waals surface area (Å²) in [5.74, 6) is 0.572. The predicted molar refractivity (Wildman–Crippen MR) is 135 cm³/mol. The number of nitrogens with one attached hydrogen (secondary N) is 1. The highest BCUT2D eigenvalue weighted by molar-refractivity contribution is 7.89. The van der Waals surface area contributed by atoms with E-state index in [1.54, 1.807) is 25.4 Å². The zero-order valence-electron chi connectivity index (χ0n) is 20.7. The molecule has 1 aliphatic heterocycles. The summed E-state index contributed by atoms with van der Waals surface area (Å²) >= 11 is 0. The van der Waals surface area contributed by atoms with Crippen molar-refractivity contribution in [1.82, 2.24) is 43.9 Å². The number of fused-ring (bicyclic) bond motifs is 1. The summed E-state index contributed by atoms with van der Waals surface area (Å²) in [4.78, 5) is 35.2. The molecule has 37 heavy (non-hydrogen) atoms. The Morgan fingerprint density at radius 1 is 1.11 bits per heavy atom. The number of ether oxygens (including phenoxy) is 1. The Bertz CT molecular complexity index is 1590. The van der Waals surface area contributed by atoms with Crippen LogP contribution in [0.5, 0.6) is 5.88 Å². The fourth-order valence-corrected chi connectivity index (χ4v) is 5.49. The number of aromatic amines is 1. The molecule has 0 unspecified atom stereocenters. The van der Waals surface area contributed by atoms with Gasteiger partial charge in [0.1, 0.15) is 16.1 Å². The molecule has 4 aromatic rings. The van der Waals surface area contributed by atoms with Crippen molar-refractivity contribution in [2.45, 2.75) is 25.2 Å². The van der Waals surface area contributed by atoms with Crippen LogP contribution in [-0.2, 0) is 10.0 Å². The van der Waals surface area contributed by atoms with E-state index in [4.69, 9.17) is 4.74 Å². The molecule has 1 fully saturated rings. The van der Waals surface area contributed by atoms with E-state index in [0.29, 0.717) is 50.8 Å². The number of aryl methyl sites for hydroxylation is 1. The molecule has 1 N–H and O–H groups in total. The van der Waals surface area contributed by atoms with E-state index in [1.807, 2.05) is 14.0 Å². The molecule has 0 aromatic carbocycles. The quantitative estimate of drug-likeness (QED) is 0.370. The molecule has 14 heteroatoms. The van der Waals surface area contributed by atoms with Gasteiger partial charge in [-0.05, 0) is 32.5 Å². The van der Waals surface area contributed by atoms with Crippen LogP contribution >= 0.6 is 0 Å². The van der Waals surface area contributed by atoms with Crippen molar-refractivity contribution < 1.29 is 13.2 Å². The Labute approximate surface area is 213 Å². The molecule has 0 amide bonds. The Morgan fingerprint density at radius 2 is 1.84 bits per heavy atom. The van der Waals surface area contributed by atoms with Gasteiger partial charge in [-0.15, -0.1) is 5.10 Å². The summed E-state index contributed by atoms with van der Waals surface area (Å²) in [6.45, 7) is 6.05. The second kappa shape index (κ2) is 9.95. The van der Waals surface area contributed by atoms with Crippen molar-refractivity contribution in [1.29, 1.82) is 0 Å². The van der Waals surface area contributed by atoms with Gasteiger partial charge in [0, 0.05) is 38.6 Å². The summed E-state index contributed by atoms with van der Waals surface area (Å²) < 4.78 is 35.4. The van der Waals surface area contributed by atoms with Gasteiger partial charge in [0.05, 0.1) is 24.1 Å². The van der Waals surface area contributed by atoms with Gasteiger partial charge >= 0.3 is 0 Å². The first-order valence-corrected chi connectivity index (χ1v) is 13.3. The molecule has 0 saturated carbocycles. The van der Waals surface area contributed by atoms with Gasteiger partial charge in [-0.3, -0.25) is 4.79 Å². The molecule has 0 radical (unpaired) electrons. The van der Waals surface area contributed by atoms with Crippen molar-refractivity contribution in [2.75, 3.05) is 39.8 Å². The number of H-pyrrole nitrogens is 1. The molecule has 5 rings (SSSR count). The SMILES string of the molecule is CCCOc1ncc(S(=O)(=O)N2CCN(C)CC2)cc1-c1nc2nn(-c3ncccn3)c(C)c2c(=O)[nH]1. The zero-order valence-corrected chi connectivity index (χ0v) is 21.6. The van der Waals surface area contributed by atoms with Crippen molar-refractivity contribution >= 4 is 21.1 Å². The molecule has 13 nitrogen and oxygen atoms in total. The van der Waals surface area contributed by atoms with Crippen LogP contribution < -0.4 is 10.3 Å². The van der Waals surface area contributed by atoms with Crippen LogP contribution in [0.1, 0.15) is 19.0 Å². The molecule has 4 aromatic heterocycles. The fourth-order valence-electron chi connectivity index (χ4n) is 4.09. The molecule has 0 aliphatic carbocycles. The maximum absolute atomic E-state index is 13.4. The standard InChI is InChI=1S/C23H27N9O4S/c1-4-12-36-22-17(13-16(14-26-22)37(34,35)31-10-8-30(3)9-11-31)19-27-20-18(21(33)28-19)15(2)32(29-20)23-24-6-5-7-25-23/h5-7,13-14H,4,8-12H2,1-3H3,(H,27,28,29,33). The Hall–Kier alpha value is -3.75. The average molecular weight is 526 g/mol. The highest BCUT2D eigenvalue weighted by Crippen LogP contribution is 2.30. The number of nitrogens with zero attached hydrogens (tertiary/aromatic N) is 8. The molecule has 1 aliphatic rings. The first-order chi connectivity index (χ1) is 17.8. The van der Waals surface area contributed by atoms with Gasteiger partial charge in [-0.2, -0.15) is 4.31 Å². The van der Waals surface area contributed by atoms with Crippen molar-refractivity contribution in [3.63, 3.8) is 0 Å². The monoisotopic (exact) mass is 525 g/mol. The first-order valence-electron chi connectivity index (χ1n) is 11.9. The van der Waals surface area contributed by atoms with Crippen LogP contribution in [0.4, 0.5) is 0 Å². The van der Waals surface area contributed by atoms with E-state index in [9.17, 15) is 13.2 Å². The highest BCUT2D eigenvalue weighted by Gasteiger charge is 2.29. The van der Waals surface area contributed by atoms with Gasteiger partial charge in [-0.1, -0.05) is 6.92 Å². The fraction of sp³-hybridized carbons (Fsp3) is 0.391. The second-order valence-electron chi connectivity index (χ2n) is 8.74. The summed E-state index contributed by atoms with van der Waals surface area (Å²) in [6.07, 6.45) is 5.15. The van der Waals surface area contributed by atoms with E-state index in [0.717, 1.165) is 0 Å². The predicted octanol–water partition coefficient (Wildman–Crippen LogP) is 0.994.